The van der Waals surface area contributed by atoms with Crippen LogP contribution in [0.1, 0.15) is 62.7 Å². The van der Waals surface area contributed by atoms with Crippen molar-refractivity contribution in [3.63, 3.8) is 0 Å². The Kier molecular flexibility index (Phi) is 4.97. The molecule has 2 aliphatic carbocycles. The number of rotatable bonds is 5. The van der Waals surface area contributed by atoms with Crippen molar-refractivity contribution in [2.45, 2.75) is 68.6 Å². The van der Waals surface area contributed by atoms with Crippen LogP contribution in [0, 0.1) is 0 Å². The van der Waals surface area contributed by atoms with E-state index in [-0.39, 0.29) is 24.1 Å². The predicted molar refractivity (Wildman–Crippen MR) is 119 cm³/mol. The van der Waals surface area contributed by atoms with Crippen LogP contribution >= 0.6 is 0 Å². The summed E-state index contributed by atoms with van der Waals surface area (Å²) in [5.41, 5.74) is 8.25. The summed E-state index contributed by atoms with van der Waals surface area (Å²) >= 11 is 0. The van der Waals surface area contributed by atoms with E-state index < -0.39 is 11.0 Å². The minimum absolute atomic E-state index is 0.106. The van der Waals surface area contributed by atoms with Crippen molar-refractivity contribution in [1.29, 1.82) is 0 Å². The Morgan fingerprint density at radius 3 is 2.41 bits per heavy atom. The molecule has 1 spiro atoms. The fourth-order valence-corrected chi connectivity index (χ4v) is 5.18. The van der Waals surface area contributed by atoms with E-state index in [1.807, 2.05) is 43.3 Å². The lowest BCUT2D eigenvalue weighted by Gasteiger charge is -2.41. The van der Waals surface area contributed by atoms with Gasteiger partial charge in [-0.15, -0.1) is 0 Å². The number of carbonyl (C=O) groups is 2. The third kappa shape index (κ3) is 3.54. The van der Waals surface area contributed by atoms with E-state index in [0.717, 1.165) is 48.1 Å². The molecule has 1 aliphatic heterocycles. The van der Waals surface area contributed by atoms with Gasteiger partial charge in [-0.05, 0) is 49.8 Å². The molecule has 2 aromatic rings. The Balaban J connectivity index is 1.27. The molecule has 0 bridgehead atoms. The number of hydrogen-bond acceptors (Lipinski definition) is 5. The lowest BCUT2D eigenvalue weighted by molar-refractivity contribution is -0.120. The molecule has 2 heterocycles. The number of nitrogens with zero attached hydrogens (tertiary/aromatic N) is 2. The highest BCUT2D eigenvalue weighted by Gasteiger charge is 2.51. The van der Waals surface area contributed by atoms with Crippen molar-refractivity contribution in [3.05, 3.63) is 53.9 Å². The molecule has 3 fully saturated rings. The smallest absolute Gasteiger partial charge is 0.410 e. The van der Waals surface area contributed by atoms with E-state index in [1.54, 1.807) is 11.1 Å². The largest absolute Gasteiger partial charge is 0.443 e. The number of aliphatic hydroxyl groups is 1. The zero-order chi connectivity index (χ0) is 22.5. The number of primary amides is 1. The summed E-state index contributed by atoms with van der Waals surface area (Å²) in [6.45, 7) is 2.63. The number of ether oxygens (including phenoxy) is 1. The van der Waals surface area contributed by atoms with Gasteiger partial charge in [-0.3, -0.25) is 9.78 Å². The second-order valence-corrected chi connectivity index (χ2v) is 9.57. The summed E-state index contributed by atoms with van der Waals surface area (Å²) in [4.78, 5) is 30.7. The van der Waals surface area contributed by atoms with Crippen molar-refractivity contribution in [1.82, 2.24) is 9.88 Å². The van der Waals surface area contributed by atoms with Gasteiger partial charge in [0.25, 0.3) is 0 Å². The number of amides is 2. The number of aliphatic hydroxyl groups excluding tert-OH is 1. The van der Waals surface area contributed by atoms with E-state index in [9.17, 15) is 14.7 Å². The predicted octanol–water partition coefficient (Wildman–Crippen LogP) is 3.45. The Morgan fingerprint density at radius 2 is 1.88 bits per heavy atom. The maximum Gasteiger partial charge on any atom is 0.410 e. The average molecular weight is 436 g/mol. The molecular weight excluding hydrogens is 406 g/mol. The third-order valence-corrected chi connectivity index (χ3v) is 7.56. The van der Waals surface area contributed by atoms with Gasteiger partial charge in [0.15, 0.2) is 0 Å². The Hall–Kier alpha value is -2.93. The molecule has 3 aliphatic rings. The Labute approximate surface area is 187 Å². The van der Waals surface area contributed by atoms with Crippen LogP contribution in [0.4, 0.5) is 4.79 Å². The summed E-state index contributed by atoms with van der Waals surface area (Å²) in [6.07, 6.45) is 5.39. The maximum atomic E-state index is 12.7. The quantitative estimate of drug-likeness (QED) is 0.748. The van der Waals surface area contributed by atoms with Crippen LogP contribution in [-0.4, -0.2) is 45.2 Å². The maximum absolute atomic E-state index is 12.7. The van der Waals surface area contributed by atoms with Crippen LogP contribution in [0.5, 0.6) is 0 Å². The molecule has 32 heavy (non-hydrogen) atoms. The lowest BCUT2D eigenvalue weighted by Crippen LogP contribution is -2.49. The molecule has 3 atom stereocenters. The molecule has 0 unspecified atom stereocenters. The van der Waals surface area contributed by atoms with E-state index in [2.05, 4.69) is 4.98 Å². The van der Waals surface area contributed by atoms with E-state index in [1.165, 1.54) is 0 Å². The number of nitrogens with two attached hydrogens (primary N) is 1. The molecule has 5 rings (SSSR count). The van der Waals surface area contributed by atoms with Gasteiger partial charge in [-0.25, -0.2) is 4.79 Å². The lowest BCUT2D eigenvalue weighted by atomic mass is 9.94. The summed E-state index contributed by atoms with van der Waals surface area (Å²) < 4.78 is 5.80. The van der Waals surface area contributed by atoms with Gasteiger partial charge >= 0.3 is 6.09 Å². The van der Waals surface area contributed by atoms with Crippen LogP contribution in [-0.2, 0) is 14.9 Å². The van der Waals surface area contributed by atoms with Crippen LogP contribution < -0.4 is 5.73 Å². The second-order valence-electron chi connectivity index (χ2n) is 9.57. The van der Waals surface area contributed by atoms with Gasteiger partial charge in [0.05, 0.1) is 23.3 Å². The van der Waals surface area contributed by atoms with Crippen molar-refractivity contribution in [2.75, 3.05) is 6.54 Å². The topological polar surface area (TPSA) is 106 Å². The number of pyridine rings is 1. The second kappa shape index (κ2) is 7.59. The molecule has 2 amide bonds. The number of hydrogen-bond donors (Lipinski definition) is 2. The van der Waals surface area contributed by atoms with Crippen molar-refractivity contribution >= 4 is 12.0 Å². The van der Waals surface area contributed by atoms with Crippen LogP contribution in [0.15, 0.2) is 42.6 Å². The van der Waals surface area contributed by atoms with Crippen molar-refractivity contribution < 1.29 is 19.4 Å². The van der Waals surface area contributed by atoms with Gasteiger partial charge in [0.2, 0.25) is 5.91 Å². The molecule has 1 saturated heterocycles. The zero-order valence-corrected chi connectivity index (χ0v) is 18.3. The fourth-order valence-electron chi connectivity index (χ4n) is 5.18. The normalized spacial score (nSPS) is 27.2. The Morgan fingerprint density at radius 1 is 1.16 bits per heavy atom. The first-order valence-electron chi connectivity index (χ1n) is 11.4. The first-order valence-corrected chi connectivity index (χ1v) is 11.4. The van der Waals surface area contributed by atoms with E-state index in [0.29, 0.717) is 19.4 Å². The minimum atomic E-state index is -0.573. The van der Waals surface area contributed by atoms with Gasteiger partial charge in [0, 0.05) is 31.1 Å². The van der Waals surface area contributed by atoms with Gasteiger partial charge in [0.1, 0.15) is 5.60 Å². The van der Waals surface area contributed by atoms with Gasteiger partial charge in [-0.2, -0.15) is 0 Å². The fraction of sp³-hybridized carbons (Fsp3) is 0.480. The number of benzene rings is 1. The molecule has 2 saturated carbocycles. The van der Waals surface area contributed by atoms with Gasteiger partial charge < -0.3 is 20.5 Å². The number of carbonyl (C=O) groups excluding carboxylic acids is 2. The molecular formula is C25H29N3O4. The minimum Gasteiger partial charge on any atom is -0.443 e. The highest BCUT2D eigenvalue weighted by Crippen LogP contribution is 2.47. The number of aromatic nitrogens is 1. The first-order chi connectivity index (χ1) is 15.3. The summed E-state index contributed by atoms with van der Waals surface area (Å²) in [5.74, 6) is -0.303. The van der Waals surface area contributed by atoms with E-state index in [4.69, 9.17) is 10.5 Å². The van der Waals surface area contributed by atoms with Crippen molar-refractivity contribution in [3.8, 4) is 11.1 Å². The van der Waals surface area contributed by atoms with Crippen LogP contribution in [0.3, 0.4) is 0 Å². The highest BCUT2D eigenvalue weighted by molar-refractivity contribution is 5.89. The van der Waals surface area contributed by atoms with Gasteiger partial charge in [-0.1, -0.05) is 30.3 Å². The molecule has 1 aromatic carbocycles. The molecule has 0 radical (unpaired) electrons. The monoisotopic (exact) mass is 435 g/mol. The molecule has 168 valence electrons. The standard InChI is InChI=1S/C25H29N3O4/c1-16(28-13-12-24(32-23(28)31)9-8-20(29)14-24)17-2-4-18(5-3-17)19-6-7-21(27-15-19)25(10-11-25)22(26)30/h2-7,15-16,20,29H,8-14H2,1H3,(H2,26,30)/t16-,20+,24-/m0/s1. The molecule has 3 N–H and O–H groups in total. The third-order valence-electron chi connectivity index (χ3n) is 7.56. The first kappa shape index (κ1) is 20.9. The summed E-state index contributed by atoms with van der Waals surface area (Å²) in [7, 11) is 0. The SMILES string of the molecule is C[C@@H](c1ccc(-c2ccc(C3(C(N)=O)CC3)nc2)cc1)N1CC[C@]2(CC[C@@H](O)C2)OC1=O. The highest BCUT2D eigenvalue weighted by atomic mass is 16.6. The molecule has 1 aromatic heterocycles. The van der Waals surface area contributed by atoms with Crippen LogP contribution in [0.2, 0.25) is 0 Å². The average Bonchev–Trinajstić information content (AvgIpc) is 3.53. The zero-order valence-electron chi connectivity index (χ0n) is 18.3. The molecule has 7 nitrogen and oxygen atoms in total. The van der Waals surface area contributed by atoms with E-state index >= 15 is 0 Å². The van der Waals surface area contributed by atoms with Crippen LogP contribution in [0.25, 0.3) is 11.1 Å². The summed E-state index contributed by atoms with van der Waals surface area (Å²) in [5, 5.41) is 9.86. The van der Waals surface area contributed by atoms with Crippen molar-refractivity contribution in [2.24, 2.45) is 5.73 Å². The molecule has 7 heteroatoms. The summed E-state index contributed by atoms with van der Waals surface area (Å²) in [6, 6.07) is 11.9. The Bertz CT molecular complexity index is 1030.